The first-order valence-corrected chi connectivity index (χ1v) is 23.9. The van der Waals surface area contributed by atoms with E-state index in [0.29, 0.717) is 16.7 Å². The zero-order chi connectivity index (χ0) is 54.7. The number of aliphatic hydroxyl groups excluding tert-OH is 11. The standard InChI is InChI=1S/C52H60O24/c53-22-34-39(59)42(62)44(64)48(72-34)70-32-15-8-29(9-16-32)25-68-38(58)21-52(20-28-6-13-31(56)14-7-28,51(67)69-26-30-10-17-33(18-11-30)71-49-45(65)43(63)40(60)35(23-54)73-49)76-50-46(66)47(41(61)36(24-55)74-50)75-37(57)19-12-27-4-2-1-3-5-27/h1-19,34-36,39-50,53-56,59-66H,20-26H2/b19-12+/t34-,35-,36-,39-,40-,41-,42+,43+,44-,45-,46-,47+,48-,49-,50+,52+/m1/s1. The summed E-state index contributed by atoms with van der Waals surface area (Å²) in [6.45, 7) is -3.24. The molecule has 12 N–H and O–H groups in total. The molecule has 4 aromatic carbocycles. The van der Waals surface area contributed by atoms with Crippen LogP contribution in [-0.4, -0.2) is 197 Å². The average molecular weight is 1070 g/mol. The predicted molar refractivity (Wildman–Crippen MR) is 255 cm³/mol. The molecule has 0 unspecified atom stereocenters. The molecule has 3 aliphatic heterocycles. The Morgan fingerprint density at radius 1 is 0.526 bits per heavy atom. The molecule has 0 radical (unpaired) electrons. The van der Waals surface area contributed by atoms with Crippen LogP contribution < -0.4 is 9.47 Å². The Hall–Kier alpha value is -6.17. The van der Waals surface area contributed by atoms with Crippen molar-refractivity contribution in [1.29, 1.82) is 0 Å². The second-order valence-corrected chi connectivity index (χ2v) is 18.1. The molecule has 0 aromatic heterocycles. The van der Waals surface area contributed by atoms with Crippen LogP contribution in [0.3, 0.4) is 0 Å². The van der Waals surface area contributed by atoms with Crippen molar-refractivity contribution in [1.82, 2.24) is 0 Å². The van der Waals surface area contributed by atoms with Crippen LogP contribution in [0.5, 0.6) is 17.2 Å². The summed E-state index contributed by atoms with van der Waals surface area (Å²) in [5.74, 6) is -3.36. The number of esters is 3. The van der Waals surface area contributed by atoms with Crippen LogP contribution in [0.4, 0.5) is 0 Å². The maximum atomic E-state index is 14.8. The Bertz CT molecular complexity index is 2510. The van der Waals surface area contributed by atoms with Gasteiger partial charge in [0.1, 0.15) is 97.6 Å². The second-order valence-electron chi connectivity index (χ2n) is 18.1. The number of aromatic hydroxyl groups is 1. The van der Waals surface area contributed by atoms with Crippen LogP contribution in [0.15, 0.2) is 109 Å². The highest BCUT2D eigenvalue weighted by Crippen LogP contribution is 2.35. The molecule has 0 amide bonds. The number of hydrogen-bond donors (Lipinski definition) is 12. The van der Waals surface area contributed by atoms with Crippen LogP contribution in [0, 0.1) is 0 Å². The van der Waals surface area contributed by atoms with Gasteiger partial charge in [-0.15, -0.1) is 0 Å². The topological polar surface area (TPSA) is 377 Å². The maximum Gasteiger partial charge on any atom is 0.339 e. The van der Waals surface area contributed by atoms with Gasteiger partial charge in [-0.3, -0.25) is 4.79 Å². The molecular weight excluding hydrogens is 1010 g/mol. The molecule has 16 atom stereocenters. The van der Waals surface area contributed by atoms with Gasteiger partial charge >= 0.3 is 17.9 Å². The molecule has 412 valence electrons. The first-order chi connectivity index (χ1) is 36.4. The molecule has 0 spiro atoms. The minimum Gasteiger partial charge on any atom is -0.508 e. The Morgan fingerprint density at radius 3 is 1.51 bits per heavy atom. The number of phenolic OH excluding ortho intramolecular Hbond substituents is 1. The van der Waals surface area contributed by atoms with E-state index in [9.17, 15) is 75.7 Å². The van der Waals surface area contributed by atoms with E-state index in [4.69, 9.17) is 42.6 Å². The minimum absolute atomic E-state index is 0.0815. The lowest BCUT2D eigenvalue weighted by Gasteiger charge is -2.44. The van der Waals surface area contributed by atoms with Crippen LogP contribution in [0.1, 0.15) is 28.7 Å². The Morgan fingerprint density at radius 2 is 1.00 bits per heavy atom. The van der Waals surface area contributed by atoms with E-state index >= 15 is 0 Å². The fraction of sp³-hybridized carbons (Fsp3) is 0.442. The SMILES string of the molecule is O=C(/C=C/c1ccccc1)O[C@@H]1[C@@H](O)[C@H](O[C@](CC(=O)OCc2ccc(O[C@@H]3O[C@H](CO)[C@@H](O)[C@H](O)[C@H]3O)cc2)(Cc2ccc(O)cc2)C(=O)OCc2ccc(O[C@@H]3O[C@H](CO)[C@@H](O)[C@H](O)[C@H]3O)cc2)O[C@H](CO)[C@H]1O. The lowest BCUT2D eigenvalue weighted by atomic mass is 9.90. The number of carbonyl (C=O) groups excluding carboxylic acids is 3. The zero-order valence-electron chi connectivity index (χ0n) is 40.3. The monoisotopic (exact) mass is 1070 g/mol. The van der Waals surface area contributed by atoms with Gasteiger partial charge in [0.25, 0.3) is 0 Å². The van der Waals surface area contributed by atoms with Crippen molar-refractivity contribution in [3.63, 3.8) is 0 Å². The summed E-state index contributed by atoms with van der Waals surface area (Å²) < 4.78 is 51.2. The van der Waals surface area contributed by atoms with Gasteiger partial charge < -0.3 is 104 Å². The summed E-state index contributed by atoms with van der Waals surface area (Å²) >= 11 is 0. The Balaban J connectivity index is 1.13. The highest BCUT2D eigenvalue weighted by molar-refractivity contribution is 5.87. The van der Waals surface area contributed by atoms with Crippen molar-refractivity contribution >= 4 is 24.0 Å². The summed E-state index contributed by atoms with van der Waals surface area (Å²) in [5, 5.41) is 124. The van der Waals surface area contributed by atoms with Crippen molar-refractivity contribution in [2.24, 2.45) is 0 Å². The molecule has 3 fully saturated rings. The van der Waals surface area contributed by atoms with E-state index in [1.54, 1.807) is 30.3 Å². The number of rotatable bonds is 21. The van der Waals surface area contributed by atoms with Gasteiger partial charge in [0.15, 0.2) is 18.0 Å². The number of ether oxygens (including phenoxy) is 9. The summed E-state index contributed by atoms with van der Waals surface area (Å²) in [6, 6.07) is 25.4. The molecule has 3 heterocycles. The van der Waals surface area contributed by atoms with E-state index in [-0.39, 0.29) is 22.8 Å². The van der Waals surface area contributed by atoms with Crippen LogP contribution in [0.25, 0.3) is 6.08 Å². The molecule has 0 bridgehead atoms. The Labute approximate surface area is 433 Å². The molecule has 24 heteroatoms. The number of benzene rings is 4. The third kappa shape index (κ3) is 14.2. The quantitative estimate of drug-likeness (QED) is 0.0244. The third-order valence-corrected chi connectivity index (χ3v) is 12.7. The van der Waals surface area contributed by atoms with Crippen molar-refractivity contribution in [2.75, 3.05) is 19.8 Å². The fourth-order valence-electron chi connectivity index (χ4n) is 8.35. The van der Waals surface area contributed by atoms with Gasteiger partial charge in [-0.25, -0.2) is 9.59 Å². The molecule has 7 rings (SSSR count). The summed E-state index contributed by atoms with van der Waals surface area (Å²) in [4.78, 5) is 42.0. The molecule has 76 heavy (non-hydrogen) atoms. The van der Waals surface area contributed by atoms with E-state index in [0.717, 1.165) is 6.08 Å². The third-order valence-electron chi connectivity index (χ3n) is 12.7. The van der Waals surface area contributed by atoms with E-state index in [2.05, 4.69) is 0 Å². The number of carbonyl (C=O) groups is 3. The van der Waals surface area contributed by atoms with Crippen molar-refractivity contribution in [3.05, 3.63) is 131 Å². The number of hydrogen-bond acceptors (Lipinski definition) is 24. The lowest BCUT2D eigenvalue weighted by molar-refractivity contribution is -0.326. The molecule has 0 saturated carbocycles. The van der Waals surface area contributed by atoms with E-state index in [1.165, 1.54) is 78.9 Å². The number of aliphatic hydroxyl groups is 11. The average Bonchev–Trinajstić information content (AvgIpc) is 3.43. The fourth-order valence-corrected chi connectivity index (χ4v) is 8.35. The first kappa shape index (κ1) is 57.5. The van der Waals surface area contributed by atoms with Crippen LogP contribution in [-0.2, 0) is 67.2 Å². The highest BCUT2D eigenvalue weighted by Gasteiger charge is 2.54. The van der Waals surface area contributed by atoms with Gasteiger partial charge in [0, 0.05) is 12.5 Å². The van der Waals surface area contributed by atoms with E-state index < -0.39 is 162 Å². The van der Waals surface area contributed by atoms with Gasteiger partial charge in [-0.2, -0.15) is 0 Å². The van der Waals surface area contributed by atoms with Crippen molar-refractivity contribution in [3.8, 4) is 17.2 Å². The van der Waals surface area contributed by atoms with Crippen LogP contribution in [0.2, 0.25) is 0 Å². The normalized spacial score (nSPS) is 30.4. The molecular formula is C52H60O24. The highest BCUT2D eigenvalue weighted by atomic mass is 16.7. The Kier molecular flexibility index (Phi) is 19.9. The summed E-state index contributed by atoms with van der Waals surface area (Å²) in [6.07, 6.45) is -24.0. The van der Waals surface area contributed by atoms with Crippen molar-refractivity contribution in [2.45, 2.75) is 124 Å². The van der Waals surface area contributed by atoms with E-state index in [1.807, 2.05) is 0 Å². The summed E-state index contributed by atoms with van der Waals surface area (Å²) in [5.41, 5.74) is -1.01. The number of phenols is 1. The van der Waals surface area contributed by atoms with Crippen molar-refractivity contribution < 1.29 is 118 Å². The van der Waals surface area contributed by atoms with Crippen LogP contribution >= 0.6 is 0 Å². The molecule has 24 nitrogen and oxygen atoms in total. The second kappa shape index (κ2) is 26.3. The van der Waals surface area contributed by atoms with Gasteiger partial charge in [0.05, 0.1) is 26.2 Å². The predicted octanol–water partition coefficient (Wildman–Crippen LogP) is -2.01. The zero-order valence-corrected chi connectivity index (χ0v) is 40.3. The molecule has 4 aromatic rings. The minimum atomic E-state index is -2.54. The molecule has 0 aliphatic carbocycles. The lowest BCUT2D eigenvalue weighted by Crippen LogP contribution is -2.63. The smallest absolute Gasteiger partial charge is 0.339 e. The van der Waals surface area contributed by atoms with Gasteiger partial charge in [0.2, 0.25) is 12.6 Å². The summed E-state index contributed by atoms with van der Waals surface area (Å²) in [7, 11) is 0. The molecule has 3 aliphatic rings. The molecule has 3 saturated heterocycles. The largest absolute Gasteiger partial charge is 0.508 e. The first-order valence-electron chi connectivity index (χ1n) is 23.9. The van der Waals surface area contributed by atoms with Gasteiger partial charge in [-0.1, -0.05) is 66.7 Å². The van der Waals surface area contributed by atoms with Gasteiger partial charge in [-0.05, 0) is 64.7 Å². The maximum absolute atomic E-state index is 14.8.